The summed E-state index contributed by atoms with van der Waals surface area (Å²) in [5.74, 6) is 0.451. The van der Waals surface area contributed by atoms with E-state index < -0.39 is 0 Å². The molecule has 0 saturated heterocycles. The van der Waals surface area contributed by atoms with Gasteiger partial charge in [-0.05, 0) is 11.3 Å². The summed E-state index contributed by atoms with van der Waals surface area (Å²) in [6.45, 7) is 0. The van der Waals surface area contributed by atoms with Crippen LogP contribution in [0.1, 0.15) is 0 Å². The van der Waals surface area contributed by atoms with E-state index >= 15 is 0 Å². The van der Waals surface area contributed by atoms with Crippen molar-refractivity contribution in [2.24, 2.45) is 7.05 Å². The molecule has 0 spiro atoms. The van der Waals surface area contributed by atoms with E-state index in [2.05, 4.69) is 20.5 Å². The second-order valence-electron chi connectivity index (χ2n) is 2.21. The molecule has 2 aromatic heterocycles. The van der Waals surface area contributed by atoms with Crippen molar-refractivity contribution in [3.8, 4) is 5.95 Å². The molecule has 0 aliphatic rings. The minimum atomic E-state index is 0.451. The number of nitrogens with one attached hydrogen (secondary N) is 1. The zero-order valence-electron chi connectivity index (χ0n) is 6.30. The van der Waals surface area contributed by atoms with Gasteiger partial charge in [-0.1, -0.05) is 17.3 Å². The van der Waals surface area contributed by atoms with Crippen LogP contribution in [0.3, 0.4) is 0 Å². The molecule has 0 fully saturated rings. The Morgan fingerprint density at radius 1 is 1.58 bits per heavy atom. The summed E-state index contributed by atoms with van der Waals surface area (Å²) in [7, 11) is 1.70. The van der Waals surface area contributed by atoms with Crippen LogP contribution >= 0.6 is 12.2 Å². The van der Waals surface area contributed by atoms with Crippen LogP contribution in [0.15, 0.2) is 12.3 Å². The van der Waals surface area contributed by atoms with Crippen LogP contribution in [0.4, 0.5) is 0 Å². The summed E-state index contributed by atoms with van der Waals surface area (Å²) in [5.41, 5.74) is 0. The maximum absolute atomic E-state index is 4.99. The summed E-state index contributed by atoms with van der Waals surface area (Å²) in [6, 6.07) is 1.76. The molecule has 0 aliphatic carbocycles. The van der Waals surface area contributed by atoms with E-state index in [0.717, 1.165) is 0 Å². The molecule has 6 nitrogen and oxygen atoms in total. The zero-order chi connectivity index (χ0) is 8.55. The molecular formula is C5H6N6S. The number of nitrogens with zero attached hydrogens (tertiary/aromatic N) is 5. The Morgan fingerprint density at radius 3 is 2.92 bits per heavy atom. The molecule has 0 saturated carbocycles. The number of aryl methyl sites for hydroxylation is 1. The lowest BCUT2D eigenvalue weighted by Gasteiger charge is -1.91. The Bertz CT molecular complexity index is 436. The normalized spacial score (nSPS) is 10.4. The number of aromatic amines is 1. The fourth-order valence-corrected chi connectivity index (χ4v) is 1.04. The Hall–Kier alpha value is -1.50. The van der Waals surface area contributed by atoms with E-state index in [0.29, 0.717) is 10.6 Å². The molecule has 1 N–H and O–H groups in total. The van der Waals surface area contributed by atoms with Crippen molar-refractivity contribution in [3.05, 3.63) is 16.9 Å². The van der Waals surface area contributed by atoms with Crippen molar-refractivity contribution in [2.75, 3.05) is 0 Å². The standard InChI is InChI=1S/C5H6N6S/c1-10-8-5(7-9-10)11-4(12)2-3-6-11/h2-3,6H,1H3. The second kappa shape index (κ2) is 2.52. The third-order valence-corrected chi connectivity index (χ3v) is 1.67. The number of rotatable bonds is 1. The predicted octanol–water partition coefficient (Wildman–Crippen LogP) is 0.0584. The highest BCUT2D eigenvalue weighted by atomic mass is 32.1. The monoisotopic (exact) mass is 182 g/mol. The average molecular weight is 182 g/mol. The molecule has 62 valence electrons. The highest BCUT2D eigenvalue weighted by molar-refractivity contribution is 7.71. The summed E-state index contributed by atoms with van der Waals surface area (Å²) in [5, 5.41) is 14.3. The van der Waals surface area contributed by atoms with E-state index in [1.54, 1.807) is 24.0 Å². The van der Waals surface area contributed by atoms with Crippen LogP contribution in [-0.4, -0.2) is 30.0 Å². The first kappa shape index (κ1) is 7.17. The van der Waals surface area contributed by atoms with Gasteiger partial charge in [0, 0.05) is 6.20 Å². The highest BCUT2D eigenvalue weighted by Crippen LogP contribution is 1.97. The molecule has 2 heterocycles. The average Bonchev–Trinajstić information content (AvgIpc) is 2.58. The summed E-state index contributed by atoms with van der Waals surface area (Å²) in [4.78, 5) is 1.37. The van der Waals surface area contributed by atoms with Crippen molar-refractivity contribution in [1.82, 2.24) is 30.0 Å². The van der Waals surface area contributed by atoms with Crippen LogP contribution in [0.5, 0.6) is 0 Å². The van der Waals surface area contributed by atoms with Crippen LogP contribution < -0.4 is 0 Å². The van der Waals surface area contributed by atoms with Crippen LogP contribution in [0, 0.1) is 4.64 Å². The Labute approximate surface area is 72.8 Å². The largest absolute Gasteiger partial charge is 0.298 e. The van der Waals surface area contributed by atoms with Crippen molar-refractivity contribution in [1.29, 1.82) is 0 Å². The molecule has 0 radical (unpaired) electrons. The molecule has 2 aromatic rings. The van der Waals surface area contributed by atoms with E-state index in [1.807, 2.05) is 0 Å². The van der Waals surface area contributed by atoms with Gasteiger partial charge in [-0.2, -0.15) is 4.80 Å². The third kappa shape index (κ3) is 1.03. The van der Waals surface area contributed by atoms with E-state index in [1.165, 1.54) is 4.80 Å². The molecule has 0 atom stereocenters. The van der Waals surface area contributed by atoms with Gasteiger partial charge in [0.15, 0.2) is 0 Å². The first-order chi connectivity index (χ1) is 5.77. The van der Waals surface area contributed by atoms with Crippen LogP contribution in [0.2, 0.25) is 0 Å². The van der Waals surface area contributed by atoms with Gasteiger partial charge in [0.2, 0.25) is 0 Å². The number of H-pyrrole nitrogens is 1. The maximum Gasteiger partial charge on any atom is 0.289 e. The highest BCUT2D eigenvalue weighted by Gasteiger charge is 2.02. The minimum Gasteiger partial charge on any atom is -0.298 e. The fraction of sp³-hybridized carbons (Fsp3) is 0.200. The second-order valence-corrected chi connectivity index (χ2v) is 2.63. The van der Waals surface area contributed by atoms with E-state index in [-0.39, 0.29) is 0 Å². The van der Waals surface area contributed by atoms with Gasteiger partial charge < -0.3 is 0 Å². The zero-order valence-corrected chi connectivity index (χ0v) is 7.12. The first-order valence-electron chi connectivity index (χ1n) is 3.28. The molecular weight excluding hydrogens is 176 g/mol. The fourth-order valence-electron chi connectivity index (χ4n) is 0.841. The summed E-state index contributed by atoms with van der Waals surface area (Å²) in [6.07, 6.45) is 1.72. The van der Waals surface area contributed by atoms with Gasteiger partial charge in [0.05, 0.1) is 7.05 Å². The number of tetrazole rings is 1. The van der Waals surface area contributed by atoms with E-state index in [9.17, 15) is 0 Å². The van der Waals surface area contributed by atoms with Gasteiger partial charge in [-0.3, -0.25) is 5.10 Å². The number of aromatic nitrogens is 6. The number of hydrogen-bond donors (Lipinski definition) is 1. The van der Waals surface area contributed by atoms with Gasteiger partial charge in [0.1, 0.15) is 4.64 Å². The van der Waals surface area contributed by atoms with Gasteiger partial charge in [-0.15, -0.1) is 5.10 Å². The molecule has 0 unspecified atom stereocenters. The van der Waals surface area contributed by atoms with Crippen molar-refractivity contribution < 1.29 is 0 Å². The summed E-state index contributed by atoms with van der Waals surface area (Å²) < 4.78 is 2.20. The van der Waals surface area contributed by atoms with Crippen molar-refractivity contribution in [2.45, 2.75) is 0 Å². The maximum atomic E-state index is 4.99. The quantitative estimate of drug-likeness (QED) is 0.633. The molecule has 0 amide bonds. The summed E-state index contributed by atoms with van der Waals surface area (Å²) >= 11 is 4.99. The van der Waals surface area contributed by atoms with Crippen LogP contribution in [0.25, 0.3) is 5.95 Å². The SMILES string of the molecule is Cn1nnc(-n2[nH]ccc2=S)n1. The lowest BCUT2D eigenvalue weighted by molar-refractivity contribution is 0.627. The molecule has 0 aromatic carbocycles. The number of hydrogen-bond acceptors (Lipinski definition) is 4. The predicted molar refractivity (Wildman–Crippen MR) is 43.3 cm³/mol. The van der Waals surface area contributed by atoms with Crippen molar-refractivity contribution in [3.63, 3.8) is 0 Å². The van der Waals surface area contributed by atoms with Crippen LogP contribution in [-0.2, 0) is 7.05 Å². The molecule has 0 bridgehead atoms. The molecule has 7 heteroatoms. The molecule has 0 aliphatic heterocycles. The Balaban J connectivity index is 2.58. The Kier molecular flexibility index (Phi) is 1.51. The minimum absolute atomic E-state index is 0.451. The Morgan fingerprint density at radius 2 is 2.42 bits per heavy atom. The van der Waals surface area contributed by atoms with Gasteiger partial charge in [0.25, 0.3) is 5.95 Å². The first-order valence-corrected chi connectivity index (χ1v) is 3.69. The smallest absolute Gasteiger partial charge is 0.289 e. The molecule has 2 rings (SSSR count). The lowest BCUT2D eigenvalue weighted by Crippen LogP contribution is -1.99. The van der Waals surface area contributed by atoms with Gasteiger partial charge in [-0.25, -0.2) is 4.68 Å². The van der Waals surface area contributed by atoms with Crippen molar-refractivity contribution >= 4 is 12.2 Å². The van der Waals surface area contributed by atoms with E-state index in [4.69, 9.17) is 12.2 Å². The van der Waals surface area contributed by atoms with Gasteiger partial charge >= 0.3 is 0 Å². The topological polar surface area (TPSA) is 64.3 Å². The lowest BCUT2D eigenvalue weighted by atomic mass is 10.7. The third-order valence-electron chi connectivity index (χ3n) is 1.35. The molecule has 12 heavy (non-hydrogen) atoms.